The van der Waals surface area contributed by atoms with E-state index in [1.54, 1.807) is 18.2 Å². The standard InChI is InChI=1S/C12H14ClF3O2S/c1-2-17-10-5-3-4-9(8-13)11(10)18-6-7-19-12(14,15)16/h3-5H,2,6-8H2,1H3. The first-order valence-corrected chi connectivity index (χ1v) is 7.14. The van der Waals surface area contributed by atoms with E-state index in [1.165, 1.54) is 0 Å². The molecule has 0 bridgehead atoms. The number of hydrogen-bond acceptors (Lipinski definition) is 3. The van der Waals surface area contributed by atoms with Gasteiger partial charge < -0.3 is 9.47 Å². The molecule has 0 aliphatic rings. The van der Waals surface area contributed by atoms with Gasteiger partial charge in [-0.1, -0.05) is 12.1 Å². The average molecular weight is 315 g/mol. The summed E-state index contributed by atoms with van der Waals surface area (Å²) in [6.07, 6.45) is 0. The molecule has 0 unspecified atom stereocenters. The lowest BCUT2D eigenvalue weighted by molar-refractivity contribution is -0.0329. The summed E-state index contributed by atoms with van der Waals surface area (Å²) in [7, 11) is 0. The maximum absolute atomic E-state index is 12.0. The summed E-state index contributed by atoms with van der Waals surface area (Å²) in [6.45, 7) is 2.20. The number of halogens is 4. The summed E-state index contributed by atoms with van der Waals surface area (Å²) in [5.41, 5.74) is -3.54. The average Bonchev–Trinajstić information content (AvgIpc) is 2.35. The van der Waals surface area contributed by atoms with E-state index in [9.17, 15) is 13.2 Å². The molecule has 108 valence electrons. The molecule has 0 spiro atoms. The van der Waals surface area contributed by atoms with E-state index < -0.39 is 5.51 Å². The predicted molar refractivity (Wildman–Crippen MR) is 71.2 cm³/mol. The molecule has 0 fully saturated rings. The van der Waals surface area contributed by atoms with E-state index in [1.807, 2.05) is 6.92 Å². The molecule has 7 heteroatoms. The molecule has 2 nitrogen and oxygen atoms in total. The van der Waals surface area contributed by atoms with Crippen molar-refractivity contribution in [3.63, 3.8) is 0 Å². The topological polar surface area (TPSA) is 18.5 Å². The number of para-hydroxylation sites is 1. The molecule has 1 aromatic carbocycles. The molecule has 0 heterocycles. The van der Waals surface area contributed by atoms with Crippen LogP contribution < -0.4 is 9.47 Å². The highest BCUT2D eigenvalue weighted by molar-refractivity contribution is 8.00. The Morgan fingerprint density at radius 1 is 1.26 bits per heavy atom. The van der Waals surface area contributed by atoms with Crippen LogP contribution in [-0.2, 0) is 5.88 Å². The molecule has 19 heavy (non-hydrogen) atoms. The van der Waals surface area contributed by atoms with Crippen molar-refractivity contribution in [2.75, 3.05) is 19.0 Å². The monoisotopic (exact) mass is 314 g/mol. The highest BCUT2D eigenvalue weighted by Crippen LogP contribution is 2.34. The number of hydrogen-bond donors (Lipinski definition) is 0. The maximum atomic E-state index is 12.0. The van der Waals surface area contributed by atoms with Crippen molar-refractivity contribution in [3.8, 4) is 11.5 Å². The Balaban J connectivity index is 2.64. The van der Waals surface area contributed by atoms with Gasteiger partial charge in [-0.05, 0) is 24.8 Å². The molecule has 0 aliphatic carbocycles. The number of alkyl halides is 4. The fourth-order valence-electron chi connectivity index (χ4n) is 1.40. The maximum Gasteiger partial charge on any atom is 0.441 e. The molecule has 0 N–H and O–H groups in total. The highest BCUT2D eigenvalue weighted by Gasteiger charge is 2.27. The second-order valence-corrected chi connectivity index (χ2v) is 4.88. The second-order valence-electron chi connectivity index (χ2n) is 3.45. The lowest BCUT2D eigenvalue weighted by Gasteiger charge is -2.15. The molecular formula is C12H14ClF3O2S. The van der Waals surface area contributed by atoms with Crippen LogP contribution in [0.25, 0.3) is 0 Å². The van der Waals surface area contributed by atoms with Gasteiger partial charge in [0.05, 0.1) is 19.1 Å². The summed E-state index contributed by atoms with van der Waals surface area (Å²) < 4.78 is 46.7. The third-order valence-electron chi connectivity index (χ3n) is 2.10. The van der Waals surface area contributed by atoms with Crippen LogP contribution in [0.4, 0.5) is 13.2 Å². The number of thioether (sulfide) groups is 1. The first-order valence-electron chi connectivity index (χ1n) is 5.62. The smallest absolute Gasteiger partial charge is 0.441 e. The van der Waals surface area contributed by atoms with E-state index >= 15 is 0 Å². The van der Waals surface area contributed by atoms with Crippen molar-refractivity contribution in [1.82, 2.24) is 0 Å². The first-order chi connectivity index (χ1) is 8.98. The van der Waals surface area contributed by atoms with E-state index in [2.05, 4.69) is 0 Å². The van der Waals surface area contributed by atoms with Crippen LogP contribution in [0.15, 0.2) is 18.2 Å². The van der Waals surface area contributed by atoms with Crippen LogP contribution in [0.2, 0.25) is 0 Å². The minimum Gasteiger partial charge on any atom is -0.490 e. The van der Waals surface area contributed by atoms with Crippen molar-refractivity contribution in [3.05, 3.63) is 23.8 Å². The van der Waals surface area contributed by atoms with Crippen LogP contribution in [-0.4, -0.2) is 24.5 Å². The van der Waals surface area contributed by atoms with Crippen LogP contribution in [0.3, 0.4) is 0 Å². The molecule has 0 atom stereocenters. The van der Waals surface area contributed by atoms with Gasteiger partial charge in [0.25, 0.3) is 0 Å². The minimum absolute atomic E-state index is 0.0574. The van der Waals surface area contributed by atoms with Crippen molar-refractivity contribution in [2.45, 2.75) is 18.3 Å². The second kappa shape index (κ2) is 7.75. The molecule has 0 radical (unpaired) electrons. The van der Waals surface area contributed by atoms with Crippen LogP contribution in [0.1, 0.15) is 12.5 Å². The Morgan fingerprint density at radius 2 is 2.00 bits per heavy atom. The SMILES string of the molecule is CCOc1cccc(CCl)c1OCCSC(F)(F)F. The minimum atomic E-state index is -4.24. The zero-order valence-electron chi connectivity index (χ0n) is 10.3. The van der Waals surface area contributed by atoms with Gasteiger partial charge in [0, 0.05) is 11.3 Å². The summed E-state index contributed by atoms with van der Waals surface area (Å²) in [6, 6.07) is 5.22. The number of rotatable bonds is 7. The summed E-state index contributed by atoms with van der Waals surface area (Å²) >= 11 is 5.66. The summed E-state index contributed by atoms with van der Waals surface area (Å²) in [4.78, 5) is 0. The van der Waals surface area contributed by atoms with E-state index in [0.29, 0.717) is 23.7 Å². The molecule has 0 saturated carbocycles. The zero-order valence-corrected chi connectivity index (χ0v) is 11.9. The van der Waals surface area contributed by atoms with E-state index in [4.69, 9.17) is 21.1 Å². The Morgan fingerprint density at radius 3 is 2.58 bits per heavy atom. The zero-order chi connectivity index (χ0) is 14.3. The molecule has 0 amide bonds. The lowest BCUT2D eigenvalue weighted by Crippen LogP contribution is -2.09. The number of ether oxygens (including phenoxy) is 2. The number of benzene rings is 1. The fourth-order valence-corrected chi connectivity index (χ4v) is 2.01. The van der Waals surface area contributed by atoms with Crippen molar-refractivity contribution < 1.29 is 22.6 Å². The van der Waals surface area contributed by atoms with Crippen molar-refractivity contribution in [2.24, 2.45) is 0 Å². The van der Waals surface area contributed by atoms with Gasteiger partial charge in [-0.2, -0.15) is 13.2 Å². The van der Waals surface area contributed by atoms with Crippen LogP contribution >= 0.6 is 23.4 Å². The molecule has 0 saturated heterocycles. The van der Waals surface area contributed by atoms with Crippen molar-refractivity contribution in [1.29, 1.82) is 0 Å². The lowest BCUT2D eigenvalue weighted by atomic mass is 10.2. The Bertz CT molecular complexity index is 399. The van der Waals surface area contributed by atoms with Crippen LogP contribution in [0.5, 0.6) is 11.5 Å². The van der Waals surface area contributed by atoms with Gasteiger partial charge in [-0.15, -0.1) is 11.6 Å². The normalized spacial score (nSPS) is 11.4. The molecule has 0 aromatic heterocycles. The van der Waals surface area contributed by atoms with Gasteiger partial charge in [-0.3, -0.25) is 0 Å². The molecular weight excluding hydrogens is 301 g/mol. The predicted octanol–water partition coefficient (Wildman–Crippen LogP) is 4.46. The summed E-state index contributed by atoms with van der Waals surface area (Å²) in [5, 5.41) is 0. The van der Waals surface area contributed by atoms with Gasteiger partial charge in [0.1, 0.15) is 0 Å². The largest absolute Gasteiger partial charge is 0.490 e. The Hall–Kier alpha value is -0.750. The van der Waals surface area contributed by atoms with E-state index in [0.717, 1.165) is 0 Å². The Labute approximate surface area is 119 Å². The van der Waals surface area contributed by atoms with Crippen molar-refractivity contribution >= 4 is 23.4 Å². The highest BCUT2D eigenvalue weighted by atomic mass is 35.5. The molecule has 1 aromatic rings. The van der Waals surface area contributed by atoms with Gasteiger partial charge in [0.15, 0.2) is 11.5 Å². The van der Waals surface area contributed by atoms with Gasteiger partial charge in [-0.25, -0.2) is 0 Å². The van der Waals surface area contributed by atoms with E-state index in [-0.39, 0.29) is 30.0 Å². The fraction of sp³-hybridized carbons (Fsp3) is 0.500. The molecule has 1 rings (SSSR count). The summed E-state index contributed by atoms with van der Waals surface area (Å²) in [5.74, 6) is 0.953. The first kappa shape index (κ1) is 16.3. The van der Waals surface area contributed by atoms with Crippen LogP contribution in [0, 0.1) is 0 Å². The molecule has 0 aliphatic heterocycles. The van der Waals surface area contributed by atoms with Gasteiger partial charge in [0.2, 0.25) is 0 Å². The van der Waals surface area contributed by atoms with Gasteiger partial charge >= 0.3 is 5.51 Å². The third-order valence-corrected chi connectivity index (χ3v) is 3.09. The Kier molecular flexibility index (Phi) is 6.65. The quantitative estimate of drug-likeness (QED) is 0.547. The third kappa shape index (κ3) is 5.82.